The molecule has 2 rings (SSSR count). The number of carbonyl (C=O) groups excluding carboxylic acids is 1. The Morgan fingerprint density at radius 3 is 2.75 bits per heavy atom. The molecule has 5 heteroatoms. The van der Waals surface area contributed by atoms with Gasteiger partial charge >= 0.3 is 5.97 Å². The second-order valence-corrected chi connectivity index (χ2v) is 5.05. The highest BCUT2D eigenvalue weighted by molar-refractivity contribution is 5.90. The van der Waals surface area contributed by atoms with Gasteiger partial charge in [-0.3, -0.25) is 0 Å². The first kappa shape index (κ1) is 14.9. The molecule has 110 valence electrons. The van der Waals surface area contributed by atoms with Crippen LogP contribution in [-0.4, -0.2) is 29.7 Å². The van der Waals surface area contributed by atoms with Crippen molar-refractivity contribution in [2.45, 2.75) is 45.6 Å². The monoisotopic (exact) mass is 278 g/mol. The molecule has 0 spiro atoms. The number of hydrogen-bond acceptors (Lipinski definition) is 5. The van der Waals surface area contributed by atoms with Crippen LogP contribution in [0.15, 0.2) is 6.20 Å². The Labute approximate surface area is 119 Å². The lowest BCUT2D eigenvalue weighted by Crippen LogP contribution is -2.15. The van der Waals surface area contributed by atoms with Crippen molar-refractivity contribution in [3.8, 4) is 0 Å². The number of carbonyl (C=O) groups is 1. The minimum absolute atomic E-state index is 0.0538. The number of ether oxygens (including phenoxy) is 2. The molecular weight excluding hydrogens is 256 g/mol. The Bertz CT molecular complexity index is 472. The molecule has 0 saturated heterocycles. The highest BCUT2D eigenvalue weighted by Crippen LogP contribution is 2.41. The van der Waals surface area contributed by atoms with Gasteiger partial charge in [0, 0.05) is 13.3 Å². The lowest BCUT2D eigenvalue weighted by atomic mass is 10.1. The predicted molar refractivity (Wildman–Crippen MR) is 74.5 cm³/mol. The number of methoxy groups -OCH3 is 1. The Kier molecular flexibility index (Phi) is 5.06. The van der Waals surface area contributed by atoms with Crippen LogP contribution in [0.3, 0.4) is 0 Å². The van der Waals surface area contributed by atoms with Crippen LogP contribution in [0.1, 0.15) is 61.1 Å². The number of nitrogens with zero attached hydrogens (tertiary/aromatic N) is 2. The molecule has 1 unspecified atom stereocenters. The van der Waals surface area contributed by atoms with Gasteiger partial charge < -0.3 is 9.47 Å². The smallest absolute Gasteiger partial charge is 0.341 e. The summed E-state index contributed by atoms with van der Waals surface area (Å²) in [6.07, 6.45) is 5.51. The van der Waals surface area contributed by atoms with Crippen LogP contribution in [0.25, 0.3) is 0 Å². The Balaban J connectivity index is 2.28. The van der Waals surface area contributed by atoms with E-state index in [-0.39, 0.29) is 12.1 Å². The molecule has 5 nitrogen and oxygen atoms in total. The van der Waals surface area contributed by atoms with Crippen molar-refractivity contribution in [2.75, 3.05) is 13.7 Å². The van der Waals surface area contributed by atoms with Crippen molar-refractivity contribution in [3.63, 3.8) is 0 Å². The molecule has 0 aliphatic heterocycles. The Morgan fingerprint density at radius 2 is 2.20 bits per heavy atom. The van der Waals surface area contributed by atoms with E-state index in [9.17, 15) is 4.79 Å². The highest BCUT2D eigenvalue weighted by atomic mass is 16.5. The van der Waals surface area contributed by atoms with E-state index in [0.717, 1.165) is 31.4 Å². The molecule has 0 amide bonds. The summed E-state index contributed by atoms with van der Waals surface area (Å²) in [5, 5.41) is 0. The summed E-state index contributed by atoms with van der Waals surface area (Å²) in [4.78, 5) is 20.8. The second-order valence-electron chi connectivity index (χ2n) is 5.05. The van der Waals surface area contributed by atoms with E-state index in [0.29, 0.717) is 23.9 Å². The maximum Gasteiger partial charge on any atom is 0.341 e. The predicted octanol–water partition coefficient (Wildman–Crippen LogP) is 2.70. The fraction of sp³-hybridized carbons (Fsp3) is 0.667. The van der Waals surface area contributed by atoms with Crippen LogP contribution >= 0.6 is 0 Å². The SMILES string of the molecule is CCCc1nc(C(OC)C2CC2)ncc1C(=O)OCC. The van der Waals surface area contributed by atoms with Crippen LogP contribution in [-0.2, 0) is 15.9 Å². The van der Waals surface area contributed by atoms with E-state index < -0.39 is 0 Å². The van der Waals surface area contributed by atoms with Crippen LogP contribution in [0, 0.1) is 5.92 Å². The number of aryl methyl sites for hydroxylation is 1. The third-order valence-corrected chi connectivity index (χ3v) is 3.43. The summed E-state index contributed by atoms with van der Waals surface area (Å²) in [5.41, 5.74) is 1.24. The molecule has 1 atom stereocenters. The van der Waals surface area contributed by atoms with Crippen molar-refractivity contribution in [3.05, 3.63) is 23.3 Å². The first-order chi connectivity index (χ1) is 9.71. The van der Waals surface area contributed by atoms with Crippen LogP contribution in [0.2, 0.25) is 0 Å². The van der Waals surface area contributed by atoms with Gasteiger partial charge in [-0.2, -0.15) is 0 Å². The van der Waals surface area contributed by atoms with Gasteiger partial charge in [0.25, 0.3) is 0 Å². The van der Waals surface area contributed by atoms with Gasteiger partial charge in [-0.15, -0.1) is 0 Å². The molecule has 1 aliphatic carbocycles. The van der Waals surface area contributed by atoms with Gasteiger partial charge in [-0.05, 0) is 32.1 Å². The second kappa shape index (κ2) is 6.79. The van der Waals surface area contributed by atoms with E-state index in [4.69, 9.17) is 9.47 Å². The summed E-state index contributed by atoms with van der Waals surface area (Å²) >= 11 is 0. The first-order valence-corrected chi connectivity index (χ1v) is 7.26. The van der Waals surface area contributed by atoms with Crippen LogP contribution in [0.4, 0.5) is 0 Å². The van der Waals surface area contributed by atoms with Gasteiger partial charge in [0.05, 0.1) is 17.9 Å². The number of rotatable bonds is 7. The van der Waals surface area contributed by atoms with Crippen molar-refractivity contribution in [2.24, 2.45) is 5.92 Å². The van der Waals surface area contributed by atoms with Crippen molar-refractivity contribution in [1.29, 1.82) is 0 Å². The van der Waals surface area contributed by atoms with E-state index in [1.807, 2.05) is 0 Å². The summed E-state index contributed by atoms with van der Waals surface area (Å²) in [6, 6.07) is 0. The summed E-state index contributed by atoms with van der Waals surface area (Å²) in [7, 11) is 1.69. The molecule has 0 radical (unpaired) electrons. The quantitative estimate of drug-likeness (QED) is 0.718. The average Bonchev–Trinajstić information content (AvgIpc) is 3.25. The third kappa shape index (κ3) is 3.33. The maximum absolute atomic E-state index is 11.9. The standard InChI is InChI=1S/C15H22N2O3/c1-4-6-12-11(15(18)20-5-2)9-16-14(17-12)13(19-3)10-7-8-10/h9-10,13H,4-8H2,1-3H3. The minimum atomic E-state index is -0.345. The molecule has 0 aromatic carbocycles. The first-order valence-electron chi connectivity index (χ1n) is 7.26. The van der Waals surface area contributed by atoms with Crippen LogP contribution in [0.5, 0.6) is 0 Å². The average molecular weight is 278 g/mol. The Morgan fingerprint density at radius 1 is 1.45 bits per heavy atom. The molecule has 1 saturated carbocycles. The summed E-state index contributed by atoms with van der Waals surface area (Å²) in [5.74, 6) is 0.859. The molecule has 0 bridgehead atoms. The largest absolute Gasteiger partial charge is 0.462 e. The molecule has 1 heterocycles. The van der Waals surface area contributed by atoms with Gasteiger partial charge in [0.15, 0.2) is 5.82 Å². The molecule has 1 aliphatic rings. The zero-order chi connectivity index (χ0) is 14.5. The molecular formula is C15H22N2O3. The van der Waals surface area contributed by atoms with E-state index in [1.54, 1.807) is 20.2 Å². The van der Waals surface area contributed by atoms with Crippen molar-refractivity contribution >= 4 is 5.97 Å². The van der Waals surface area contributed by atoms with Gasteiger partial charge in [-0.1, -0.05) is 13.3 Å². The highest BCUT2D eigenvalue weighted by Gasteiger charge is 2.34. The normalized spacial score (nSPS) is 15.9. The molecule has 20 heavy (non-hydrogen) atoms. The zero-order valence-corrected chi connectivity index (χ0v) is 12.4. The summed E-state index contributed by atoms with van der Waals surface area (Å²) < 4.78 is 10.6. The lowest BCUT2D eigenvalue weighted by molar-refractivity contribution is 0.0521. The lowest BCUT2D eigenvalue weighted by Gasteiger charge is -2.15. The molecule has 1 aromatic rings. The molecule has 1 fully saturated rings. The van der Waals surface area contributed by atoms with Gasteiger partial charge in [0.1, 0.15) is 6.10 Å². The van der Waals surface area contributed by atoms with Gasteiger partial charge in [0.2, 0.25) is 0 Å². The number of hydrogen-bond donors (Lipinski definition) is 0. The Hall–Kier alpha value is -1.49. The topological polar surface area (TPSA) is 61.3 Å². The minimum Gasteiger partial charge on any atom is -0.462 e. The molecule has 0 N–H and O–H groups in total. The zero-order valence-electron chi connectivity index (χ0n) is 12.4. The van der Waals surface area contributed by atoms with E-state index in [2.05, 4.69) is 16.9 Å². The fourth-order valence-corrected chi connectivity index (χ4v) is 2.28. The summed E-state index contributed by atoms with van der Waals surface area (Å²) in [6.45, 7) is 4.21. The third-order valence-electron chi connectivity index (χ3n) is 3.43. The number of esters is 1. The fourth-order valence-electron chi connectivity index (χ4n) is 2.28. The van der Waals surface area contributed by atoms with E-state index >= 15 is 0 Å². The van der Waals surface area contributed by atoms with Crippen LogP contribution < -0.4 is 0 Å². The van der Waals surface area contributed by atoms with Crippen molar-refractivity contribution < 1.29 is 14.3 Å². The maximum atomic E-state index is 11.9. The molecule has 1 aromatic heterocycles. The van der Waals surface area contributed by atoms with Crippen molar-refractivity contribution in [1.82, 2.24) is 9.97 Å². The van der Waals surface area contributed by atoms with E-state index in [1.165, 1.54) is 0 Å². The van der Waals surface area contributed by atoms with Gasteiger partial charge in [-0.25, -0.2) is 14.8 Å². The number of aromatic nitrogens is 2.